The molecule has 1 aliphatic rings. The monoisotopic (exact) mass is 294 g/mol. The minimum Gasteiger partial charge on any atom is -0.496 e. The van der Waals surface area contributed by atoms with Crippen LogP contribution in [0.3, 0.4) is 0 Å². The zero-order chi connectivity index (χ0) is 14.4. The summed E-state index contributed by atoms with van der Waals surface area (Å²) in [4.78, 5) is 11.9. The quantitative estimate of drug-likeness (QED) is 0.876. The van der Waals surface area contributed by atoms with Gasteiger partial charge in [-0.1, -0.05) is 0 Å². The van der Waals surface area contributed by atoms with Crippen LogP contribution in [-0.4, -0.2) is 37.1 Å². The first-order chi connectivity index (χ1) is 9.69. The first-order valence-electron chi connectivity index (χ1n) is 6.96. The molecule has 0 aliphatic carbocycles. The molecule has 0 saturated carbocycles. The van der Waals surface area contributed by atoms with E-state index in [2.05, 4.69) is 10.6 Å². The Kier molecular flexibility index (Phi) is 5.73. The number of amides is 1. The van der Waals surface area contributed by atoms with E-state index in [4.69, 9.17) is 4.74 Å². The van der Waals surface area contributed by atoms with Gasteiger partial charge in [-0.05, 0) is 56.6 Å². The maximum absolute atomic E-state index is 11.9. The van der Waals surface area contributed by atoms with Crippen LogP contribution in [0.15, 0.2) is 18.2 Å². The summed E-state index contributed by atoms with van der Waals surface area (Å²) in [6.07, 6.45) is 2.30. The van der Waals surface area contributed by atoms with Gasteiger partial charge in [-0.25, -0.2) is 0 Å². The molecule has 1 heterocycles. The van der Waals surface area contributed by atoms with E-state index in [1.807, 2.05) is 25.1 Å². The summed E-state index contributed by atoms with van der Waals surface area (Å²) in [7, 11) is 1.65. The minimum absolute atomic E-state index is 0.0677. The fourth-order valence-electron chi connectivity index (χ4n) is 2.31. The van der Waals surface area contributed by atoms with Gasteiger partial charge >= 0.3 is 0 Å². The summed E-state index contributed by atoms with van der Waals surface area (Å²) < 4.78 is 5.21. The maximum Gasteiger partial charge on any atom is 0.234 e. The highest BCUT2D eigenvalue weighted by atomic mass is 32.2. The Bertz CT molecular complexity index is 459. The molecule has 5 heteroatoms. The highest BCUT2D eigenvalue weighted by molar-refractivity contribution is 8.00. The van der Waals surface area contributed by atoms with Crippen LogP contribution in [-0.2, 0) is 4.79 Å². The van der Waals surface area contributed by atoms with E-state index in [0.717, 1.165) is 42.9 Å². The number of nitrogens with one attached hydrogen (secondary N) is 2. The molecule has 1 fully saturated rings. The van der Waals surface area contributed by atoms with Crippen LogP contribution in [0.4, 0.5) is 5.69 Å². The van der Waals surface area contributed by atoms with Gasteiger partial charge in [0.2, 0.25) is 5.91 Å². The molecular formula is C15H22N2O2S. The van der Waals surface area contributed by atoms with Gasteiger partial charge in [-0.2, -0.15) is 0 Å². The molecule has 1 aromatic carbocycles. The Morgan fingerprint density at radius 1 is 1.45 bits per heavy atom. The van der Waals surface area contributed by atoms with Crippen LogP contribution in [0, 0.1) is 6.92 Å². The summed E-state index contributed by atoms with van der Waals surface area (Å²) in [5, 5.41) is 6.89. The van der Waals surface area contributed by atoms with Gasteiger partial charge in [0.25, 0.3) is 0 Å². The van der Waals surface area contributed by atoms with Crippen LogP contribution in [0.25, 0.3) is 0 Å². The second-order valence-electron chi connectivity index (χ2n) is 4.99. The lowest BCUT2D eigenvalue weighted by atomic mass is 10.2. The lowest BCUT2D eigenvalue weighted by Crippen LogP contribution is -2.30. The Hall–Kier alpha value is -1.20. The third-order valence-electron chi connectivity index (χ3n) is 3.41. The highest BCUT2D eigenvalue weighted by Gasteiger charge is 2.15. The smallest absolute Gasteiger partial charge is 0.234 e. The average molecular weight is 294 g/mol. The molecule has 1 amide bonds. The van der Waals surface area contributed by atoms with Crippen molar-refractivity contribution in [1.82, 2.24) is 5.32 Å². The van der Waals surface area contributed by atoms with E-state index in [1.54, 1.807) is 18.9 Å². The van der Waals surface area contributed by atoms with Crippen molar-refractivity contribution in [2.45, 2.75) is 25.0 Å². The van der Waals surface area contributed by atoms with Crippen molar-refractivity contribution >= 4 is 23.4 Å². The van der Waals surface area contributed by atoms with E-state index >= 15 is 0 Å². The molecular weight excluding hydrogens is 272 g/mol. The van der Waals surface area contributed by atoms with Crippen LogP contribution < -0.4 is 15.4 Å². The zero-order valence-corrected chi connectivity index (χ0v) is 12.9. The predicted molar refractivity (Wildman–Crippen MR) is 84.7 cm³/mol. The van der Waals surface area contributed by atoms with Crippen molar-refractivity contribution in [2.75, 3.05) is 31.3 Å². The Labute approximate surface area is 124 Å². The van der Waals surface area contributed by atoms with Crippen LogP contribution in [0.1, 0.15) is 18.4 Å². The Morgan fingerprint density at radius 3 is 2.85 bits per heavy atom. The summed E-state index contributed by atoms with van der Waals surface area (Å²) in [5.74, 6) is 1.43. The van der Waals surface area contributed by atoms with Gasteiger partial charge < -0.3 is 15.4 Å². The number of thioether (sulfide) groups is 1. The van der Waals surface area contributed by atoms with Crippen molar-refractivity contribution in [3.63, 3.8) is 0 Å². The summed E-state index contributed by atoms with van der Waals surface area (Å²) in [6, 6.07) is 5.69. The fourth-order valence-corrected chi connectivity index (χ4v) is 3.34. The van der Waals surface area contributed by atoms with Gasteiger partial charge in [0.1, 0.15) is 5.75 Å². The van der Waals surface area contributed by atoms with E-state index in [0.29, 0.717) is 11.0 Å². The van der Waals surface area contributed by atoms with E-state index < -0.39 is 0 Å². The van der Waals surface area contributed by atoms with Crippen molar-refractivity contribution < 1.29 is 9.53 Å². The maximum atomic E-state index is 11.9. The number of piperidine rings is 1. The largest absolute Gasteiger partial charge is 0.496 e. The number of hydrogen-bond acceptors (Lipinski definition) is 4. The Balaban J connectivity index is 1.80. The minimum atomic E-state index is 0.0677. The lowest BCUT2D eigenvalue weighted by Gasteiger charge is -2.21. The standard InChI is InChI=1S/C15H22N2O2S/c1-11-9-12(3-4-14(11)19-2)17-15(18)10-20-13-5-7-16-8-6-13/h3-4,9,13,16H,5-8,10H2,1-2H3,(H,17,18). The molecule has 2 rings (SSSR count). The number of carbonyl (C=O) groups excluding carboxylic acids is 1. The summed E-state index contributed by atoms with van der Waals surface area (Å²) >= 11 is 1.76. The van der Waals surface area contributed by atoms with Crippen LogP contribution in [0.2, 0.25) is 0 Å². The van der Waals surface area contributed by atoms with Gasteiger partial charge in [-0.3, -0.25) is 4.79 Å². The Morgan fingerprint density at radius 2 is 2.20 bits per heavy atom. The van der Waals surface area contributed by atoms with E-state index in [-0.39, 0.29) is 5.91 Å². The molecule has 0 spiro atoms. The van der Waals surface area contributed by atoms with Crippen molar-refractivity contribution in [1.29, 1.82) is 0 Å². The normalized spacial score (nSPS) is 15.9. The van der Waals surface area contributed by atoms with Gasteiger partial charge in [0, 0.05) is 10.9 Å². The molecule has 1 aromatic rings. The molecule has 2 N–H and O–H groups in total. The highest BCUT2D eigenvalue weighted by Crippen LogP contribution is 2.23. The fraction of sp³-hybridized carbons (Fsp3) is 0.533. The number of hydrogen-bond donors (Lipinski definition) is 2. The van der Waals surface area contributed by atoms with Gasteiger partial charge in [0.15, 0.2) is 0 Å². The van der Waals surface area contributed by atoms with E-state index in [9.17, 15) is 4.79 Å². The average Bonchev–Trinajstić information content (AvgIpc) is 2.46. The molecule has 0 aromatic heterocycles. The first kappa shape index (κ1) is 15.2. The third-order valence-corrected chi connectivity index (χ3v) is 4.79. The summed E-state index contributed by atoms with van der Waals surface area (Å²) in [5.41, 5.74) is 1.86. The zero-order valence-electron chi connectivity index (χ0n) is 12.1. The van der Waals surface area contributed by atoms with Crippen LogP contribution in [0.5, 0.6) is 5.75 Å². The summed E-state index contributed by atoms with van der Waals surface area (Å²) in [6.45, 7) is 4.10. The van der Waals surface area contributed by atoms with Crippen molar-refractivity contribution in [2.24, 2.45) is 0 Å². The van der Waals surface area contributed by atoms with Crippen LogP contribution >= 0.6 is 11.8 Å². The third kappa shape index (κ3) is 4.42. The predicted octanol–water partition coefficient (Wildman–Crippen LogP) is 2.43. The first-order valence-corrected chi connectivity index (χ1v) is 8.00. The molecule has 1 saturated heterocycles. The van der Waals surface area contributed by atoms with Crippen molar-refractivity contribution in [3.05, 3.63) is 23.8 Å². The molecule has 1 aliphatic heterocycles. The second-order valence-corrected chi connectivity index (χ2v) is 6.28. The molecule has 0 atom stereocenters. The number of anilines is 1. The lowest BCUT2D eigenvalue weighted by molar-refractivity contribution is -0.113. The number of benzene rings is 1. The van der Waals surface area contributed by atoms with Gasteiger partial charge in [-0.15, -0.1) is 11.8 Å². The molecule has 4 nitrogen and oxygen atoms in total. The molecule has 0 unspecified atom stereocenters. The number of carbonyl (C=O) groups is 1. The topological polar surface area (TPSA) is 50.4 Å². The molecule has 0 radical (unpaired) electrons. The second kappa shape index (κ2) is 7.55. The van der Waals surface area contributed by atoms with Gasteiger partial charge in [0.05, 0.1) is 12.9 Å². The number of methoxy groups -OCH3 is 1. The number of ether oxygens (including phenoxy) is 1. The van der Waals surface area contributed by atoms with E-state index in [1.165, 1.54) is 0 Å². The molecule has 20 heavy (non-hydrogen) atoms. The SMILES string of the molecule is COc1ccc(NC(=O)CSC2CCNCC2)cc1C. The molecule has 0 bridgehead atoms. The van der Waals surface area contributed by atoms with Crippen molar-refractivity contribution in [3.8, 4) is 5.75 Å². The number of aryl methyl sites for hydroxylation is 1. The number of rotatable bonds is 5. The molecule has 110 valence electrons.